The van der Waals surface area contributed by atoms with Crippen LogP contribution in [0.25, 0.3) is 0 Å². The van der Waals surface area contributed by atoms with E-state index >= 15 is 0 Å². The van der Waals surface area contributed by atoms with Gasteiger partial charge in [0.25, 0.3) is 0 Å². The predicted molar refractivity (Wildman–Crippen MR) is 72.0 cm³/mol. The van der Waals surface area contributed by atoms with Crippen molar-refractivity contribution in [1.82, 2.24) is 0 Å². The van der Waals surface area contributed by atoms with Crippen molar-refractivity contribution in [2.45, 2.75) is 33.8 Å². The first kappa shape index (κ1) is 14.2. The Morgan fingerprint density at radius 1 is 1.35 bits per heavy atom. The Hall–Kier alpha value is -0.820. The fourth-order valence-corrected chi connectivity index (χ4v) is 2.02. The highest BCUT2D eigenvalue weighted by Crippen LogP contribution is 2.20. The Morgan fingerprint density at radius 2 is 2.12 bits per heavy atom. The van der Waals surface area contributed by atoms with Gasteiger partial charge in [-0.3, -0.25) is 0 Å². The van der Waals surface area contributed by atoms with Crippen molar-refractivity contribution in [2.75, 3.05) is 13.2 Å². The summed E-state index contributed by atoms with van der Waals surface area (Å²) in [5, 5.41) is 8.59. The third-order valence-electron chi connectivity index (χ3n) is 2.19. The van der Waals surface area contributed by atoms with E-state index in [1.165, 1.54) is 4.88 Å². The van der Waals surface area contributed by atoms with Crippen LogP contribution in [0, 0.1) is 17.3 Å². The standard InChI is InChI=1S/C14H20O2S/c1-14(2,3)8-10-16-11-13-7-6-12(17-13)5-4-9-15/h6-7,15H,8-11H2,1-3H3. The molecule has 0 spiro atoms. The fourth-order valence-electron chi connectivity index (χ4n) is 1.20. The van der Waals surface area contributed by atoms with Gasteiger partial charge < -0.3 is 9.84 Å². The number of thiophene rings is 1. The van der Waals surface area contributed by atoms with Gasteiger partial charge >= 0.3 is 0 Å². The number of ether oxygens (including phenoxy) is 1. The topological polar surface area (TPSA) is 29.5 Å². The molecule has 0 aliphatic rings. The van der Waals surface area contributed by atoms with Gasteiger partial charge in [0.05, 0.1) is 11.5 Å². The molecule has 0 atom stereocenters. The normalized spacial score (nSPS) is 11.1. The highest BCUT2D eigenvalue weighted by Gasteiger charge is 2.09. The number of hydrogen-bond donors (Lipinski definition) is 1. The molecule has 3 heteroatoms. The first-order valence-electron chi connectivity index (χ1n) is 5.77. The maximum Gasteiger partial charge on any atom is 0.104 e. The van der Waals surface area contributed by atoms with Crippen molar-refractivity contribution >= 4 is 11.3 Å². The molecule has 0 aromatic carbocycles. The molecule has 1 aromatic heterocycles. The largest absolute Gasteiger partial charge is 0.384 e. The summed E-state index contributed by atoms with van der Waals surface area (Å²) >= 11 is 1.62. The minimum absolute atomic E-state index is 0.0880. The molecule has 94 valence electrons. The van der Waals surface area contributed by atoms with Crippen LogP contribution in [-0.4, -0.2) is 18.3 Å². The molecule has 0 fully saturated rings. The molecule has 17 heavy (non-hydrogen) atoms. The highest BCUT2D eigenvalue weighted by atomic mass is 32.1. The molecule has 0 bridgehead atoms. The van der Waals surface area contributed by atoms with Crippen molar-refractivity contribution in [2.24, 2.45) is 5.41 Å². The number of aliphatic hydroxyl groups excluding tert-OH is 1. The average Bonchev–Trinajstić information content (AvgIpc) is 2.68. The molecule has 2 nitrogen and oxygen atoms in total. The Labute approximate surface area is 108 Å². The molecule has 0 aliphatic carbocycles. The van der Waals surface area contributed by atoms with Gasteiger partial charge in [-0.25, -0.2) is 0 Å². The van der Waals surface area contributed by atoms with Crippen LogP contribution in [0.5, 0.6) is 0 Å². The van der Waals surface area contributed by atoms with Crippen LogP contribution in [0.3, 0.4) is 0 Å². The zero-order valence-corrected chi connectivity index (χ0v) is 11.6. The Bertz CT molecular complexity index is 390. The molecule has 1 rings (SSSR count). The lowest BCUT2D eigenvalue weighted by molar-refractivity contribution is 0.0980. The molecule has 1 heterocycles. The van der Waals surface area contributed by atoms with E-state index in [0.29, 0.717) is 12.0 Å². The monoisotopic (exact) mass is 252 g/mol. The van der Waals surface area contributed by atoms with Gasteiger partial charge in [0.1, 0.15) is 6.61 Å². The molecule has 0 unspecified atom stereocenters. The van der Waals surface area contributed by atoms with Crippen molar-refractivity contribution in [3.63, 3.8) is 0 Å². The molecular weight excluding hydrogens is 232 g/mol. The minimum Gasteiger partial charge on any atom is -0.384 e. The lowest BCUT2D eigenvalue weighted by atomic mass is 9.93. The quantitative estimate of drug-likeness (QED) is 0.659. The van der Waals surface area contributed by atoms with Crippen LogP contribution in [0.1, 0.15) is 36.9 Å². The maximum absolute atomic E-state index is 8.59. The third-order valence-corrected chi connectivity index (χ3v) is 3.17. The van der Waals surface area contributed by atoms with Gasteiger partial charge in [0, 0.05) is 11.5 Å². The Balaban J connectivity index is 2.30. The van der Waals surface area contributed by atoms with Gasteiger partial charge in [0.2, 0.25) is 0 Å². The van der Waals surface area contributed by atoms with Crippen molar-refractivity contribution in [3.8, 4) is 11.8 Å². The highest BCUT2D eigenvalue weighted by molar-refractivity contribution is 7.12. The predicted octanol–water partition coefficient (Wildman–Crippen LogP) is 3.04. The van der Waals surface area contributed by atoms with E-state index in [1.807, 2.05) is 12.1 Å². The van der Waals surface area contributed by atoms with E-state index in [2.05, 4.69) is 32.6 Å². The summed E-state index contributed by atoms with van der Waals surface area (Å²) < 4.78 is 5.63. The van der Waals surface area contributed by atoms with Crippen LogP contribution < -0.4 is 0 Å². The second kappa shape index (κ2) is 6.80. The van der Waals surface area contributed by atoms with E-state index in [1.54, 1.807) is 11.3 Å². The van der Waals surface area contributed by atoms with Crippen molar-refractivity contribution in [1.29, 1.82) is 0 Å². The molecule has 0 saturated heterocycles. The molecule has 0 amide bonds. The van der Waals surface area contributed by atoms with E-state index in [4.69, 9.17) is 9.84 Å². The molecule has 1 aromatic rings. The second-order valence-corrected chi connectivity index (χ2v) is 6.26. The zero-order valence-electron chi connectivity index (χ0n) is 10.7. The summed E-state index contributed by atoms with van der Waals surface area (Å²) in [6.07, 6.45) is 1.07. The van der Waals surface area contributed by atoms with E-state index in [-0.39, 0.29) is 6.61 Å². The SMILES string of the molecule is CC(C)(C)CCOCc1ccc(C#CCO)s1. The Kier molecular flexibility index (Phi) is 5.70. The third kappa shape index (κ3) is 6.48. The molecule has 0 saturated carbocycles. The van der Waals surface area contributed by atoms with Gasteiger partial charge in [-0.2, -0.15) is 0 Å². The van der Waals surface area contributed by atoms with Crippen molar-refractivity contribution < 1.29 is 9.84 Å². The van der Waals surface area contributed by atoms with Crippen LogP contribution in [0.2, 0.25) is 0 Å². The Morgan fingerprint density at radius 3 is 2.76 bits per heavy atom. The molecule has 0 radical (unpaired) electrons. The van der Waals surface area contributed by atoms with Crippen LogP contribution in [-0.2, 0) is 11.3 Å². The van der Waals surface area contributed by atoms with Gasteiger partial charge in [0.15, 0.2) is 0 Å². The molecule has 0 aliphatic heterocycles. The maximum atomic E-state index is 8.59. The lowest BCUT2D eigenvalue weighted by Gasteiger charge is -2.17. The first-order chi connectivity index (χ1) is 8.01. The molecule has 1 N–H and O–H groups in total. The van der Waals surface area contributed by atoms with E-state index in [0.717, 1.165) is 17.9 Å². The van der Waals surface area contributed by atoms with Gasteiger partial charge in [-0.15, -0.1) is 11.3 Å². The smallest absolute Gasteiger partial charge is 0.104 e. The number of aliphatic hydroxyl groups is 1. The minimum atomic E-state index is -0.0880. The zero-order chi connectivity index (χ0) is 12.7. The van der Waals surface area contributed by atoms with Crippen LogP contribution >= 0.6 is 11.3 Å². The lowest BCUT2D eigenvalue weighted by Crippen LogP contribution is -2.09. The summed E-state index contributed by atoms with van der Waals surface area (Å²) in [5.74, 6) is 5.53. The van der Waals surface area contributed by atoms with E-state index < -0.39 is 0 Å². The summed E-state index contributed by atoms with van der Waals surface area (Å²) in [7, 11) is 0. The summed E-state index contributed by atoms with van der Waals surface area (Å²) in [6, 6.07) is 4.00. The van der Waals surface area contributed by atoms with Crippen LogP contribution in [0.4, 0.5) is 0 Å². The second-order valence-electron chi connectivity index (χ2n) is 5.09. The average molecular weight is 252 g/mol. The molecular formula is C14H20O2S. The van der Waals surface area contributed by atoms with E-state index in [9.17, 15) is 0 Å². The summed E-state index contributed by atoms with van der Waals surface area (Å²) in [6.45, 7) is 7.99. The van der Waals surface area contributed by atoms with Crippen LogP contribution in [0.15, 0.2) is 12.1 Å². The van der Waals surface area contributed by atoms with Gasteiger partial charge in [-0.1, -0.05) is 32.6 Å². The summed E-state index contributed by atoms with van der Waals surface area (Å²) in [4.78, 5) is 2.16. The summed E-state index contributed by atoms with van der Waals surface area (Å²) in [5.41, 5.74) is 0.327. The first-order valence-corrected chi connectivity index (χ1v) is 6.59. The van der Waals surface area contributed by atoms with Crippen molar-refractivity contribution in [3.05, 3.63) is 21.9 Å². The fraction of sp³-hybridized carbons (Fsp3) is 0.571. The number of hydrogen-bond acceptors (Lipinski definition) is 3. The number of rotatable bonds is 4. The van der Waals surface area contributed by atoms with Gasteiger partial charge in [-0.05, 0) is 24.0 Å².